The number of para-hydroxylation sites is 1. The average Bonchev–Trinajstić information content (AvgIpc) is 3.26. The van der Waals surface area contributed by atoms with Gasteiger partial charge in [-0.15, -0.1) is 0 Å². The number of rotatable bonds is 13. The number of carboxylic acids is 1. The van der Waals surface area contributed by atoms with Crippen LogP contribution >= 0.6 is 0 Å². The van der Waals surface area contributed by atoms with Crippen molar-refractivity contribution in [1.82, 2.24) is 20.9 Å². The van der Waals surface area contributed by atoms with E-state index in [4.69, 9.17) is 5.73 Å². The minimum Gasteiger partial charge on any atom is -0.480 e. The van der Waals surface area contributed by atoms with Gasteiger partial charge in [-0.3, -0.25) is 14.4 Å². The van der Waals surface area contributed by atoms with Crippen molar-refractivity contribution in [3.05, 3.63) is 36.0 Å². The van der Waals surface area contributed by atoms with Gasteiger partial charge in [0, 0.05) is 23.5 Å². The summed E-state index contributed by atoms with van der Waals surface area (Å²) in [4.78, 5) is 53.7. The zero-order chi connectivity index (χ0) is 27.9. The molecule has 204 valence electrons. The molecule has 0 aliphatic rings. The molecule has 6 unspecified atom stereocenters. The summed E-state index contributed by atoms with van der Waals surface area (Å²) in [5, 5.41) is 28.4. The number of aromatic amines is 1. The van der Waals surface area contributed by atoms with E-state index in [1.54, 1.807) is 27.0 Å². The zero-order valence-electron chi connectivity index (χ0n) is 21.9. The summed E-state index contributed by atoms with van der Waals surface area (Å²) in [6.45, 7) is 8.49. The van der Waals surface area contributed by atoms with Gasteiger partial charge in [-0.25, -0.2) is 4.79 Å². The van der Waals surface area contributed by atoms with Gasteiger partial charge in [0.05, 0.1) is 12.1 Å². The molecule has 0 aliphatic heterocycles. The number of H-pyrrole nitrogens is 1. The highest BCUT2D eigenvalue weighted by atomic mass is 16.4. The maximum absolute atomic E-state index is 13.1. The maximum Gasteiger partial charge on any atom is 0.326 e. The Balaban J connectivity index is 2.18. The van der Waals surface area contributed by atoms with Crippen LogP contribution in [-0.4, -0.2) is 69.2 Å². The van der Waals surface area contributed by atoms with E-state index in [1.807, 2.05) is 31.2 Å². The van der Waals surface area contributed by atoms with Crippen LogP contribution < -0.4 is 21.7 Å². The highest BCUT2D eigenvalue weighted by molar-refractivity contribution is 5.94. The molecular formula is C26H39N5O6. The van der Waals surface area contributed by atoms with E-state index in [0.717, 1.165) is 10.9 Å². The van der Waals surface area contributed by atoms with Crippen LogP contribution in [0.1, 0.15) is 46.6 Å². The number of nitrogens with two attached hydrogens (primary N) is 1. The Kier molecular flexibility index (Phi) is 10.6. The fourth-order valence-electron chi connectivity index (χ4n) is 3.88. The largest absolute Gasteiger partial charge is 0.480 e. The van der Waals surface area contributed by atoms with Crippen molar-refractivity contribution < 1.29 is 29.4 Å². The van der Waals surface area contributed by atoms with E-state index >= 15 is 0 Å². The Labute approximate surface area is 216 Å². The first-order valence-electron chi connectivity index (χ1n) is 12.5. The van der Waals surface area contributed by atoms with Crippen LogP contribution in [0.25, 0.3) is 10.9 Å². The predicted octanol–water partition coefficient (Wildman–Crippen LogP) is 0.660. The topological polar surface area (TPSA) is 187 Å². The Bertz CT molecular complexity index is 1100. The van der Waals surface area contributed by atoms with Gasteiger partial charge in [-0.2, -0.15) is 0 Å². The molecular weight excluding hydrogens is 478 g/mol. The molecule has 8 N–H and O–H groups in total. The highest BCUT2D eigenvalue weighted by Gasteiger charge is 2.34. The number of aliphatic carboxylic acids is 1. The van der Waals surface area contributed by atoms with Crippen LogP contribution in [0, 0.1) is 11.8 Å². The number of benzene rings is 1. The summed E-state index contributed by atoms with van der Waals surface area (Å²) in [7, 11) is 0. The monoisotopic (exact) mass is 517 g/mol. The molecule has 0 bridgehead atoms. The van der Waals surface area contributed by atoms with Gasteiger partial charge < -0.3 is 36.9 Å². The Hall–Kier alpha value is -3.44. The number of carbonyl (C=O) groups is 4. The van der Waals surface area contributed by atoms with Crippen LogP contribution in [0.5, 0.6) is 0 Å². The number of aromatic nitrogens is 1. The first-order valence-corrected chi connectivity index (χ1v) is 12.5. The minimum absolute atomic E-state index is 0.00972. The molecule has 2 rings (SSSR count). The van der Waals surface area contributed by atoms with Crippen LogP contribution in [0.2, 0.25) is 0 Å². The number of carbonyl (C=O) groups excluding carboxylic acids is 3. The van der Waals surface area contributed by atoms with Crippen LogP contribution in [0.3, 0.4) is 0 Å². The third-order valence-electron chi connectivity index (χ3n) is 6.59. The second-order valence-electron chi connectivity index (χ2n) is 9.83. The quantitative estimate of drug-likeness (QED) is 0.203. The molecule has 37 heavy (non-hydrogen) atoms. The van der Waals surface area contributed by atoms with E-state index in [2.05, 4.69) is 20.9 Å². The van der Waals surface area contributed by atoms with Gasteiger partial charge in [0.1, 0.15) is 18.1 Å². The van der Waals surface area contributed by atoms with Gasteiger partial charge in [0.2, 0.25) is 17.7 Å². The average molecular weight is 518 g/mol. The number of amides is 3. The lowest BCUT2D eigenvalue weighted by Crippen LogP contribution is -2.61. The lowest BCUT2D eigenvalue weighted by molar-refractivity contribution is -0.143. The number of fused-ring (bicyclic) bond motifs is 1. The molecule has 3 amide bonds. The Morgan fingerprint density at radius 1 is 0.946 bits per heavy atom. The highest BCUT2D eigenvalue weighted by Crippen LogP contribution is 2.19. The fourth-order valence-corrected chi connectivity index (χ4v) is 3.88. The van der Waals surface area contributed by atoms with Crippen LogP contribution in [-0.2, 0) is 25.6 Å². The van der Waals surface area contributed by atoms with Crippen molar-refractivity contribution in [2.75, 3.05) is 0 Å². The number of hydrogen-bond acceptors (Lipinski definition) is 6. The lowest BCUT2D eigenvalue weighted by Gasteiger charge is -2.29. The number of carboxylic acid groups (broad SMARTS) is 1. The maximum atomic E-state index is 13.1. The summed E-state index contributed by atoms with van der Waals surface area (Å²) < 4.78 is 0. The van der Waals surface area contributed by atoms with E-state index in [9.17, 15) is 29.4 Å². The minimum atomic E-state index is -1.44. The van der Waals surface area contributed by atoms with Gasteiger partial charge >= 0.3 is 5.97 Å². The molecule has 1 heterocycles. The second kappa shape index (κ2) is 13.2. The van der Waals surface area contributed by atoms with Crippen molar-refractivity contribution in [3.8, 4) is 0 Å². The van der Waals surface area contributed by atoms with Crippen molar-refractivity contribution in [1.29, 1.82) is 0 Å². The first kappa shape index (κ1) is 29.8. The molecule has 2 aromatic rings. The third-order valence-corrected chi connectivity index (χ3v) is 6.59. The molecule has 0 saturated heterocycles. The van der Waals surface area contributed by atoms with Crippen molar-refractivity contribution in [3.63, 3.8) is 0 Å². The summed E-state index contributed by atoms with van der Waals surface area (Å²) in [5.74, 6) is -3.75. The molecule has 0 aliphatic carbocycles. The van der Waals surface area contributed by atoms with E-state index in [0.29, 0.717) is 12.0 Å². The van der Waals surface area contributed by atoms with E-state index in [1.165, 1.54) is 6.92 Å². The van der Waals surface area contributed by atoms with Gasteiger partial charge in [-0.1, -0.05) is 52.3 Å². The normalized spacial score (nSPS) is 16.3. The third kappa shape index (κ3) is 7.77. The molecule has 1 aromatic heterocycles. The van der Waals surface area contributed by atoms with E-state index in [-0.39, 0.29) is 18.3 Å². The summed E-state index contributed by atoms with van der Waals surface area (Å²) >= 11 is 0. The summed E-state index contributed by atoms with van der Waals surface area (Å²) in [6.07, 6.45) is 0.885. The van der Waals surface area contributed by atoms with Gasteiger partial charge in [-0.05, 0) is 30.4 Å². The molecule has 0 saturated carbocycles. The van der Waals surface area contributed by atoms with Gasteiger partial charge in [0.15, 0.2) is 0 Å². The molecule has 0 radical (unpaired) electrons. The number of nitrogens with one attached hydrogen (secondary N) is 4. The Morgan fingerprint density at radius 3 is 2.11 bits per heavy atom. The summed E-state index contributed by atoms with van der Waals surface area (Å²) in [5.41, 5.74) is 7.44. The number of aliphatic hydroxyl groups is 1. The summed E-state index contributed by atoms with van der Waals surface area (Å²) in [6, 6.07) is 2.79. The second-order valence-corrected chi connectivity index (χ2v) is 9.83. The zero-order valence-corrected chi connectivity index (χ0v) is 21.9. The van der Waals surface area contributed by atoms with E-state index < -0.39 is 54.0 Å². The fraction of sp³-hybridized carbons (Fsp3) is 0.538. The van der Waals surface area contributed by atoms with Gasteiger partial charge in [0.25, 0.3) is 0 Å². The predicted molar refractivity (Wildman–Crippen MR) is 139 cm³/mol. The van der Waals surface area contributed by atoms with Crippen LogP contribution in [0.15, 0.2) is 30.5 Å². The lowest BCUT2D eigenvalue weighted by atomic mass is 9.96. The van der Waals surface area contributed by atoms with Crippen molar-refractivity contribution in [2.24, 2.45) is 17.6 Å². The smallest absolute Gasteiger partial charge is 0.326 e. The molecule has 11 heteroatoms. The standard InChI is InChI=1S/C26H39N5O6/c1-6-14(4)21(30-23(33)20(27)13(2)3)24(34)31-22(15(5)32)25(35)29-19(26(36)37)11-16-12-28-18-10-8-7-9-17(16)18/h7-10,12-15,19-22,28,32H,6,11,27H2,1-5H3,(H,29,35)(H,30,33)(H,31,34)(H,36,37). The molecule has 0 fully saturated rings. The van der Waals surface area contributed by atoms with Crippen molar-refractivity contribution >= 4 is 34.6 Å². The Morgan fingerprint density at radius 2 is 1.54 bits per heavy atom. The number of aliphatic hydroxyl groups excluding tert-OH is 1. The first-order chi connectivity index (χ1) is 17.4. The number of hydrogen-bond donors (Lipinski definition) is 7. The van der Waals surface area contributed by atoms with Crippen molar-refractivity contribution in [2.45, 2.75) is 77.7 Å². The SMILES string of the molecule is CCC(C)C(NC(=O)C(N)C(C)C)C(=O)NC(C(=O)NC(Cc1c[nH]c2ccccc12)C(=O)O)C(C)O. The molecule has 6 atom stereocenters. The molecule has 11 nitrogen and oxygen atoms in total. The molecule has 0 spiro atoms. The van der Waals surface area contributed by atoms with Crippen LogP contribution in [0.4, 0.5) is 0 Å². The molecule has 1 aromatic carbocycles.